The van der Waals surface area contributed by atoms with Crippen LogP contribution in [0.3, 0.4) is 0 Å². The van der Waals surface area contributed by atoms with Gasteiger partial charge in [-0.15, -0.1) is 0 Å². The fraction of sp³-hybridized carbons (Fsp3) is 0.500. The van der Waals surface area contributed by atoms with Crippen molar-refractivity contribution >= 4 is 17.5 Å². The quantitative estimate of drug-likeness (QED) is 0.626. The van der Waals surface area contributed by atoms with E-state index in [1.165, 1.54) is 4.90 Å². The van der Waals surface area contributed by atoms with Gasteiger partial charge in [-0.2, -0.15) is 5.26 Å². The van der Waals surface area contributed by atoms with Crippen LogP contribution in [0, 0.1) is 11.5 Å². The molecule has 2 heterocycles. The zero-order valence-corrected chi connectivity index (χ0v) is 20.9. The molecule has 184 valence electrons. The molecule has 2 fully saturated rings. The third kappa shape index (κ3) is 5.48. The Morgan fingerprint density at radius 3 is 2.43 bits per heavy atom. The Labute approximate surface area is 208 Å². The van der Waals surface area contributed by atoms with Crippen LogP contribution in [0.4, 0.5) is 5.69 Å². The maximum atomic E-state index is 14.1. The molecule has 1 N–H and O–H groups in total. The molecule has 4 rings (SSSR count). The van der Waals surface area contributed by atoms with Gasteiger partial charge in [0, 0.05) is 36.2 Å². The second-order valence-electron chi connectivity index (χ2n) is 10.6. The van der Waals surface area contributed by atoms with Crippen molar-refractivity contribution in [2.24, 2.45) is 0 Å². The Morgan fingerprint density at radius 2 is 1.83 bits per heavy atom. The van der Waals surface area contributed by atoms with Crippen molar-refractivity contribution in [1.29, 1.82) is 5.26 Å². The minimum absolute atomic E-state index is 0.0426. The predicted octanol–water partition coefficient (Wildman–Crippen LogP) is 4.46. The molecule has 1 saturated heterocycles. The van der Waals surface area contributed by atoms with Gasteiger partial charge in [-0.3, -0.25) is 24.4 Å². The van der Waals surface area contributed by atoms with Gasteiger partial charge in [-0.05, 0) is 54.9 Å². The number of nitrogens with zero attached hydrogens (tertiary/aromatic N) is 4. The van der Waals surface area contributed by atoms with E-state index < -0.39 is 12.1 Å². The zero-order chi connectivity index (χ0) is 25.0. The number of rotatable bonds is 6. The van der Waals surface area contributed by atoms with Gasteiger partial charge in [-0.25, -0.2) is 0 Å². The van der Waals surface area contributed by atoms with Crippen LogP contribution in [0.1, 0.15) is 76.5 Å². The average Bonchev–Trinajstić information content (AvgIpc) is 3.54. The Morgan fingerprint density at radius 1 is 1.11 bits per heavy atom. The van der Waals surface area contributed by atoms with Crippen molar-refractivity contribution in [3.8, 4) is 6.19 Å². The molecule has 1 aromatic heterocycles. The van der Waals surface area contributed by atoms with Gasteiger partial charge in [-0.1, -0.05) is 51.8 Å². The number of hydrogen-bond acceptors (Lipinski definition) is 5. The lowest BCUT2D eigenvalue weighted by Gasteiger charge is -2.35. The Bertz CT molecular complexity index is 1070. The van der Waals surface area contributed by atoms with Crippen LogP contribution in [0.25, 0.3) is 0 Å². The van der Waals surface area contributed by atoms with E-state index in [1.807, 2.05) is 30.3 Å². The first kappa shape index (κ1) is 24.7. The lowest BCUT2D eigenvalue weighted by Crippen LogP contribution is -2.51. The fourth-order valence-electron chi connectivity index (χ4n) is 5.13. The summed E-state index contributed by atoms with van der Waals surface area (Å²) in [5, 5.41) is 12.8. The van der Waals surface area contributed by atoms with Crippen LogP contribution < -0.4 is 10.2 Å². The van der Waals surface area contributed by atoms with E-state index in [0.29, 0.717) is 24.2 Å². The predicted molar refractivity (Wildman–Crippen MR) is 135 cm³/mol. The third-order valence-corrected chi connectivity index (χ3v) is 7.12. The SMILES string of the molecule is CC(C)(C)c1ccc(N(C(=O)[C@H]2CCCN2C#N)C(C(=O)NC2CCCC2)c2cccnc2)cc1. The number of hydrogen-bond donors (Lipinski definition) is 1. The number of carbonyl (C=O) groups is 2. The highest BCUT2D eigenvalue weighted by molar-refractivity contribution is 6.04. The molecular weight excluding hydrogens is 438 g/mol. The largest absolute Gasteiger partial charge is 0.351 e. The molecule has 0 bridgehead atoms. The normalized spacial score (nSPS) is 19.3. The van der Waals surface area contributed by atoms with E-state index in [-0.39, 0.29) is 23.3 Å². The number of benzene rings is 1. The molecule has 1 unspecified atom stereocenters. The minimum atomic E-state index is -0.876. The van der Waals surface area contributed by atoms with Gasteiger partial charge >= 0.3 is 0 Å². The Balaban J connectivity index is 1.78. The molecule has 1 saturated carbocycles. The summed E-state index contributed by atoms with van der Waals surface area (Å²) >= 11 is 0. The van der Waals surface area contributed by atoms with Crippen LogP contribution in [-0.4, -0.2) is 40.3 Å². The summed E-state index contributed by atoms with van der Waals surface area (Å²) in [5.74, 6) is -0.442. The van der Waals surface area contributed by atoms with Gasteiger partial charge in [0.25, 0.3) is 5.91 Å². The lowest BCUT2D eigenvalue weighted by molar-refractivity contribution is -0.128. The number of nitriles is 1. The molecule has 35 heavy (non-hydrogen) atoms. The van der Waals surface area contributed by atoms with Crippen molar-refractivity contribution in [3.63, 3.8) is 0 Å². The Kier molecular flexibility index (Phi) is 7.39. The van der Waals surface area contributed by atoms with Crippen LogP contribution in [0.15, 0.2) is 48.8 Å². The standard InChI is InChI=1S/C28H35N5O2/c1-28(2,3)21-12-14-23(15-13-21)33(27(35)24-11-7-17-32(24)19-29)25(20-8-6-16-30-18-20)26(34)31-22-9-4-5-10-22/h6,8,12-16,18,22,24-25H,4-5,7,9-11,17H2,1-3H3,(H,31,34)/t24-,25?/m1/s1. The van der Waals surface area contributed by atoms with Crippen molar-refractivity contribution in [1.82, 2.24) is 15.2 Å². The Hall–Kier alpha value is -3.40. The van der Waals surface area contributed by atoms with E-state index in [2.05, 4.69) is 37.3 Å². The van der Waals surface area contributed by atoms with Crippen LogP contribution >= 0.6 is 0 Å². The highest BCUT2D eigenvalue weighted by Crippen LogP contribution is 2.33. The summed E-state index contributed by atoms with van der Waals surface area (Å²) in [7, 11) is 0. The number of pyridine rings is 1. The number of likely N-dealkylation sites (tertiary alicyclic amines) is 1. The first-order chi connectivity index (χ1) is 16.8. The second-order valence-corrected chi connectivity index (χ2v) is 10.6. The second kappa shape index (κ2) is 10.5. The number of anilines is 1. The van der Waals surface area contributed by atoms with Crippen LogP contribution in [0.5, 0.6) is 0 Å². The molecule has 7 nitrogen and oxygen atoms in total. The maximum Gasteiger partial charge on any atom is 0.251 e. The van der Waals surface area contributed by atoms with E-state index >= 15 is 0 Å². The highest BCUT2D eigenvalue weighted by atomic mass is 16.2. The summed E-state index contributed by atoms with van der Waals surface area (Å²) in [6, 6.07) is 10.1. The van der Waals surface area contributed by atoms with Gasteiger partial charge in [0.1, 0.15) is 12.1 Å². The van der Waals surface area contributed by atoms with E-state index in [1.54, 1.807) is 23.4 Å². The lowest BCUT2D eigenvalue weighted by atomic mass is 9.87. The average molecular weight is 474 g/mol. The summed E-state index contributed by atoms with van der Waals surface area (Å²) in [4.78, 5) is 35.3. The minimum Gasteiger partial charge on any atom is -0.351 e. The van der Waals surface area contributed by atoms with Gasteiger partial charge in [0.05, 0.1) is 0 Å². The zero-order valence-electron chi connectivity index (χ0n) is 20.9. The molecule has 2 atom stereocenters. The molecule has 2 aliphatic rings. The highest BCUT2D eigenvalue weighted by Gasteiger charge is 2.40. The molecule has 1 aliphatic heterocycles. The third-order valence-electron chi connectivity index (χ3n) is 7.12. The summed E-state index contributed by atoms with van der Waals surface area (Å²) in [6.07, 6.45) is 10.9. The molecule has 1 aliphatic carbocycles. The molecule has 2 aromatic rings. The monoisotopic (exact) mass is 473 g/mol. The molecule has 0 spiro atoms. The smallest absolute Gasteiger partial charge is 0.251 e. The fourth-order valence-corrected chi connectivity index (χ4v) is 5.13. The molecule has 7 heteroatoms. The van der Waals surface area contributed by atoms with Crippen molar-refractivity contribution in [2.75, 3.05) is 11.4 Å². The molecule has 0 radical (unpaired) electrons. The van der Waals surface area contributed by atoms with Gasteiger partial charge in [0.2, 0.25) is 5.91 Å². The van der Waals surface area contributed by atoms with Crippen molar-refractivity contribution in [2.45, 2.75) is 82.8 Å². The summed E-state index contributed by atoms with van der Waals surface area (Å²) < 4.78 is 0. The van der Waals surface area contributed by atoms with Crippen molar-refractivity contribution in [3.05, 3.63) is 59.9 Å². The molecule has 2 amide bonds. The topological polar surface area (TPSA) is 89.3 Å². The molecule has 1 aromatic carbocycles. The van der Waals surface area contributed by atoms with Gasteiger partial charge < -0.3 is 5.32 Å². The molecular formula is C28H35N5O2. The van der Waals surface area contributed by atoms with Crippen molar-refractivity contribution < 1.29 is 9.59 Å². The van der Waals surface area contributed by atoms with E-state index in [0.717, 1.165) is 37.7 Å². The number of nitrogens with one attached hydrogen (secondary N) is 1. The first-order valence-corrected chi connectivity index (χ1v) is 12.6. The summed E-state index contributed by atoms with van der Waals surface area (Å²) in [5.41, 5.74) is 2.39. The van der Waals surface area contributed by atoms with E-state index in [9.17, 15) is 14.9 Å². The van der Waals surface area contributed by atoms with Crippen LogP contribution in [0.2, 0.25) is 0 Å². The van der Waals surface area contributed by atoms with Crippen LogP contribution in [-0.2, 0) is 15.0 Å². The number of amides is 2. The van der Waals surface area contributed by atoms with E-state index in [4.69, 9.17) is 0 Å². The number of carbonyl (C=O) groups excluding carboxylic acids is 2. The van der Waals surface area contributed by atoms with Gasteiger partial charge in [0.15, 0.2) is 6.19 Å². The number of aromatic nitrogens is 1. The first-order valence-electron chi connectivity index (χ1n) is 12.6. The maximum absolute atomic E-state index is 14.1. The summed E-state index contributed by atoms with van der Waals surface area (Å²) in [6.45, 7) is 6.97.